The van der Waals surface area contributed by atoms with Gasteiger partial charge in [0.15, 0.2) is 14.1 Å². The molecule has 0 N–H and O–H groups in total. The normalized spacial score (nSPS) is 26.8. The molecular formula is C30H53NO4Si2. The van der Waals surface area contributed by atoms with Crippen LogP contribution in [0.1, 0.15) is 73.6 Å². The molecule has 7 heteroatoms. The second-order valence-electron chi connectivity index (χ2n) is 12.3. The Balaban J connectivity index is 2.67. The summed E-state index contributed by atoms with van der Waals surface area (Å²) in [7, 11) is -3.73. The minimum atomic E-state index is -1.91. The van der Waals surface area contributed by atoms with Crippen LogP contribution in [0, 0.1) is 22.7 Å². The third-order valence-corrected chi connectivity index (χ3v) is 14.0. The SMILES string of the molecule is C=CC/C=C(\O[Si](C)(C)C)[C@@]1(CCC#N)CCC([C@@H]2COC(C)(C)O2)=C(C)[C@H]1CO[Si](CC)(CC)CC. The van der Waals surface area contributed by atoms with E-state index in [4.69, 9.17) is 18.3 Å². The largest absolute Gasteiger partial charge is 0.547 e. The van der Waals surface area contributed by atoms with Crippen LogP contribution in [0.4, 0.5) is 0 Å². The van der Waals surface area contributed by atoms with Crippen LogP contribution in [-0.4, -0.2) is 41.7 Å². The van der Waals surface area contributed by atoms with E-state index in [1.165, 1.54) is 11.1 Å². The summed E-state index contributed by atoms with van der Waals surface area (Å²) in [5, 5.41) is 9.72. The van der Waals surface area contributed by atoms with Crippen LogP contribution in [0.2, 0.25) is 37.8 Å². The third-order valence-electron chi connectivity index (χ3n) is 8.48. The van der Waals surface area contributed by atoms with E-state index in [2.05, 4.69) is 66.1 Å². The molecule has 0 spiro atoms. The van der Waals surface area contributed by atoms with Gasteiger partial charge in [-0.2, -0.15) is 5.26 Å². The average Bonchev–Trinajstić information content (AvgIpc) is 3.21. The summed E-state index contributed by atoms with van der Waals surface area (Å²) < 4.78 is 26.2. The zero-order valence-electron chi connectivity index (χ0n) is 25.2. The van der Waals surface area contributed by atoms with Gasteiger partial charge in [-0.3, -0.25) is 0 Å². The maximum absolute atomic E-state index is 9.72. The van der Waals surface area contributed by atoms with E-state index in [0.717, 1.165) is 49.6 Å². The maximum Gasteiger partial charge on any atom is 0.241 e. The smallest absolute Gasteiger partial charge is 0.241 e. The number of allylic oxidation sites excluding steroid dienone is 3. The average molecular weight is 548 g/mol. The molecule has 3 atom stereocenters. The van der Waals surface area contributed by atoms with E-state index in [9.17, 15) is 5.26 Å². The molecule has 0 aromatic heterocycles. The molecule has 1 aliphatic carbocycles. The highest BCUT2D eigenvalue weighted by atomic mass is 28.4. The van der Waals surface area contributed by atoms with Crippen LogP contribution in [0.5, 0.6) is 0 Å². The molecule has 0 amide bonds. The molecule has 2 rings (SSSR count). The third kappa shape index (κ3) is 7.92. The van der Waals surface area contributed by atoms with Crippen molar-refractivity contribution in [1.29, 1.82) is 5.26 Å². The zero-order chi connectivity index (χ0) is 27.9. The van der Waals surface area contributed by atoms with E-state index in [1.54, 1.807) is 0 Å². The molecule has 1 fully saturated rings. The van der Waals surface area contributed by atoms with Crippen LogP contribution in [-0.2, 0) is 18.3 Å². The van der Waals surface area contributed by atoms with Crippen LogP contribution in [0.3, 0.4) is 0 Å². The van der Waals surface area contributed by atoms with Gasteiger partial charge in [-0.05, 0) is 95.9 Å². The lowest BCUT2D eigenvalue weighted by Gasteiger charge is -2.49. The van der Waals surface area contributed by atoms with Crippen LogP contribution >= 0.6 is 0 Å². The first-order chi connectivity index (χ1) is 17.3. The van der Waals surface area contributed by atoms with Crippen LogP contribution in [0.25, 0.3) is 0 Å². The van der Waals surface area contributed by atoms with Gasteiger partial charge >= 0.3 is 0 Å². The van der Waals surface area contributed by atoms with Gasteiger partial charge in [0.05, 0.1) is 18.4 Å². The first kappa shape index (κ1) is 32.0. The molecular weight excluding hydrogens is 495 g/mol. The molecule has 2 aliphatic rings. The van der Waals surface area contributed by atoms with E-state index in [0.29, 0.717) is 19.6 Å². The number of rotatable bonds is 14. The van der Waals surface area contributed by atoms with Crippen molar-refractivity contribution in [2.24, 2.45) is 11.3 Å². The molecule has 0 unspecified atom stereocenters. The van der Waals surface area contributed by atoms with Crippen molar-refractivity contribution in [3.05, 3.63) is 35.6 Å². The Bertz CT molecular complexity index is 871. The lowest BCUT2D eigenvalue weighted by atomic mass is 9.60. The Morgan fingerprint density at radius 3 is 2.32 bits per heavy atom. The Labute approximate surface area is 229 Å². The predicted molar refractivity (Wildman–Crippen MR) is 158 cm³/mol. The minimum Gasteiger partial charge on any atom is -0.547 e. The van der Waals surface area contributed by atoms with Crippen molar-refractivity contribution in [1.82, 2.24) is 0 Å². The second kappa shape index (κ2) is 13.3. The lowest BCUT2D eigenvalue weighted by molar-refractivity contribution is -0.135. The first-order valence-corrected chi connectivity index (χ1v) is 20.3. The highest BCUT2D eigenvalue weighted by molar-refractivity contribution is 6.73. The van der Waals surface area contributed by atoms with Crippen molar-refractivity contribution in [2.45, 2.75) is 123 Å². The van der Waals surface area contributed by atoms with Gasteiger partial charge in [0, 0.05) is 24.4 Å². The van der Waals surface area contributed by atoms with Gasteiger partial charge in [-0.1, -0.05) is 32.4 Å². The predicted octanol–water partition coefficient (Wildman–Crippen LogP) is 8.49. The fourth-order valence-corrected chi connectivity index (χ4v) is 9.68. The molecule has 1 heterocycles. The molecule has 0 aromatic rings. The molecule has 5 nitrogen and oxygen atoms in total. The second-order valence-corrected chi connectivity index (χ2v) is 21.5. The van der Waals surface area contributed by atoms with Crippen LogP contribution < -0.4 is 0 Å². The quantitative estimate of drug-likeness (QED) is 0.124. The molecule has 1 saturated heterocycles. The number of hydrogen-bond donors (Lipinski definition) is 0. The Kier molecular flexibility index (Phi) is 11.5. The Hall–Kier alpha value is -1.18. The molecule has 37 heavy (non-hydrogen) atoms. The number of nitrogens with zero attached hydrogens (tertiary/aromatic N) is 1. The van der Waals surface area contributed by atoms with Gasteiger partial charge in [0.2, 0.25) is 8.32 Å². The molecule has 210 valence electrons. The van der Waals surface area contributed by atoms with E-state index in [1.807, 2.05) is 19.9 Å². The number of hydrogen-bond acceptors (Lipinski definition) is 5. The lowest BCUT2D eigenvalue weighted by Crippen LogP contribution is -2.46. The van der Waals surface area contributed by atoms with E-state index < -0.39 is 22.4 Å². The molecule has 0 saturated carbocycles. The van der Waals surface area contributed by atoms with Gasteiger partial charge in [0.25, 0.3) is 0 Å². The van der Waals surface area contributed by atoms with Crippen molar-refractivity contribution in [3.8, 4) is 6.07 Å². The summed E-state index contributed by atoms with van der Waals surface area (Å²) >= 11 is 0. The van der Waals surface area contributed by atoms with Gasteiger partial charge in [0.1, 0.15) is 6.10 Å². The molecule has 0 radical (unpaired) electrons. The Morgan fingerprint density at radius 1 is 1.19 bits per heavy atom. The topological polar surface area (TPSA) is 60.7 Å². The summed E-state index contributed by atoms with van der Waals surface area (Å²) in [6.45, 7) is 25.0. The van der Waals surface area contributed by atoms with Crippen molar-refractivity contribution in [2.75, 3.05) is 13.2 Å². The highest BCUT2D eigenvalue weighted by Gasteiger charge is 2.50. The zero-order valence-corrected chi connectivity index (χ0v) is 27.2. The summed E-state index contributed by atoms with van der Waals surface area (Å²) in [6.07, 6.45) is 7.98. The van der Waals surface area contributed by atoms with Crippen LogP contribution in [0.15, 0.2) is 35.6 Å². The van der Waals surface area contributed by atoms with Gasteiger partial charge in [-0.15, -0.1) is 6.58 Å². The standard InChI is InChI=1S/C30H53NO4Si2/c1-11-15-17-28(35-36(8,9)10)30(19-16-21-31)20-18-25(27-23-32-29(6,7)34-27)24(5)26(30)22-33-37(12-2,13-3)14-4/h11,17,26-27H,1,12-16,18-20,22-23H2,2-10H3/b28-17-/t26-,27+,30+/m1/s1. The monoisotopic (exact) mass is 547 g/mol. The molecule has 1 aliphatic heterocycles. The summed E-state index contributed by atoms with van der Waals surface area (Å²) in [4.78, 5) is 0. The fourth-order valence-electron chi connectivity index (χ4n) is 6.10. The number of ether oxygens (including phenoxy) is 2. The van der Waals surface area contributed by atoms with Crippen molar-refractivity contribution in [3.63, 3.8) is 0 Å². The summed E-state index contributed by atoms with van der Waals surface area (Å²) in [6, 6.07) is 5.80. The van der Waals surface area contributed by atoms with E-state index >= 15 is 0 Å². The maximum atomic E-state index is 9.72. The van der Waals surface area contributed by atoms with E-state index in [-0.39, 0.29) is 17.4 Å². The summed E-state index contributed by atoms with van der Waals surface area (Å²) in [5.74, 6) is 0.611. The Morgan fingerprint density at radius 2 is 1.84 bits per heavy atom. The fraction of sp³-hybridized carbons (Fsp3) is 0.767. The number of nitriles is 1. The molecule has 0 aromatic carbocycles. The van der Waals surface area contributed by atoms with Gasteiger partial charge in [-0.25, -0.2) is 0 Å². The highest BCUT2D eigenvalue weighted by Crippen LogP contribution is 2.54. The minimum absolute atomic E-state index is 0.0319. The first-order valence-electron chi connectivity index (χ1n) is 14.3. The summed E-state index contributed by atoms with van der Waals surface area (Å²) in [5.41, 5.74) is 2.40. The van der Waals surface area contributed by atoms with Crippen molar-refractivity contribution < 1.29 is 18.3 Å². The molecule has 0 bridgehead atoms. The van der Waals surface area contributed by atoms with Crippen molar-refractivity contribution >= 4 is 16.6 Å². The van der Waals surface area contributed by atoms with Gasteiger partial charge < -0.3 is 18.3 Å².